The summed E-state index contributed by atoms with van der Waals surface area (Å²) >= 11 is 0. The first-order valence-electron chi connectivity index (χ1n) is 8.17. The molecule has 0 unspecified atom stereocenters. The lowest BCUT2D eigenvalue weighted by Crippen LogP contribution is -2.53. The summed E-state index contributed by atoms with van der Waals surface area (Å²) in [6.45, 7) is 6.33. The first kappa shape index (κ1) is 17.5. The summed E-state index contributed by atoms with van der Waals surface area (Å²) < 4.78 is 7.01. The smallest absolute Gasteiger partial charge is 0.228 e. The van der Waals surface area contributed by atoms with Crippen LogP contribution < -0.4 is 5.32 Å². The highest BCUT2D eigenvalue weighted by Gasteiger charge is 2.35. The molecule has 1 saturated heterocycles. The number of aromatic nitrogens is 2. The van der Waals surface area contributed by atoms with E-state index in [-0.39, 0.29) is 23.8 Å². The minimum atomic E-state index is -0.249. The Morgan fingerprint density at radius 3 is 2.91 bits per heavy atom. The van der Waals surface area contributed by atoms with E-state index in [0.29, 0.717) is 32.5 Å². The number of carbonyl (C=O) groups excluding carboxylic acids is 2. The average Bonchev–Trinajstić information content (AvgIpc) is 3.00. The van der Waals surface area contributed by atoms with Crippen LogP contribution in [0.4, 0.5) is 0 Å². The summed E-state index contributed by atoms with van der Waals surface area (Å²) in [6.07, 6.45) is 4.73. The van der Waals surface area contributed by atoms with Crippen LogP contribution in [0.2, 0.25) is 0 Å². The van der Waals surface area contributed by atoms with Crippen LogP contribution >= 0.6 is 0 Å². The number of hydrogen-bond donors (Lipinski definition) is 1. The molecule has 0 aromatic carbocycles. The molecular weight excluding hydrogens is 296 g/mol. The molecule has 0 radical (unpaired) electrons. The fraction of sp³-hybridized carbons (Fsp3) is 0.688. The molecule has 1 N–H and O–H groups in total. The molecule has 0 saturated carbocycles. The highest BCUT2D eigenvalue weighted by Crippen LogP contribution is 2.21. The highest BCUT2D eigenvalue weighted by atomic mass is 16.5. The maximum Gasteiger partial charge on any atom is 0.228 e. The van der Waals surface area contributed by atoms with Gasteiger partial charge in [0.15, 0.2) is 0 Å². The fourth-order valence-electron chi connectivity index (χ4n) is 2.96. The zero-order valence-corrected chi connectivity index (χ0v) is 14.1. The van der Waals surface area contributed by atoms with Gasteiger partial charge >= 0.3 is 0 Å². The summed E-state index contributed by atoms with van der Waals surface area (Å²) in [4.78, 5) is 26.3. The Hall–Kier alpha value is -1.89. The molecule has 2 amide bonds. The first-order chi connectivity index (χ1) is 11.1. The molecule has 2 heterocycles. The Morgan fingerprint density at radius 1 is 1.52 bits per heavy atom. The number of piperidine rings is 1. The molecule has 0 spiro atoms. The third-order valence-corrected chi connectivity index (χ3v) is 4.26. The van der Waals surface area contributed by atoms with Gasteiger partial charge in [-0.15, -0.1) is 0 Å². The quantitative estimate of drug-likeness (QED) is 0.805. The second-order valence-corrected chi connectivity index (χ2v) is 5.83. The van der Waals surface area contributed by atoms with Crippen LogP contribution in [0.25, 0.3) is 0 Å². The van der Waals surface area contributed by atoms with Gasteiger partial charge in [0.05, 0.1) is 24.8 Å². The minimum Gasteiger partial charge on any atom is -0.383 e. The molecule has 1 aliphatic heterocycles. The van der Waals surface area contributed by atoms with Gasteiger partial charge in [-0.05, 0) is 20.3 Å². The number of rotatable bonds is 7. The first-order valence-corrected chi connectivity index (χ1v) is 8.17. The molecule has 0 bridgehead atoms. The number of carbonyl (C=O) groups is 2. The summed E-state index contributed by atoms with van der Waals surface area (Å²) in [5.74, 6) is -0.170. The monoisotopic (exact) mass is 322 g/mol. The summed E-state index contributed by atoms with van der Waals surface area (Å²) in [5, 5.41) is 7.13. The average molecular weight is 322 g/mol. The summed E-state index contributed by atoms with van der Waals surface area (Å²) in [6, 6.07) is -0.249. The number of ether oxygens (including phenoxy) is 1. The van der Waals surface area contributed by atoms with E-state index in [4.69, 9.17) is 4.74 Å². The van der Waals surface area contributed by atoms with E-state index in [1.54, 1.807) is 13.3 Å². The molecular formula is C16H26N4O3. The number of nitrogens with one attached hydrogen (secondary N) is 1. The largest absolute Gasteiger partial charge is 0.383 e. The van der Waals surface area contributed by atoms with Gasteiger partial charge < -0.3 is 15.0 Å². The van der Waals surface area contributed by atoms with Gasteiger partial charge in [0.25, 0.3) is 0 Å². The molecule has 0 aliphatic carbocycles. The lowest BCUT2D eigenvalue weighted by atomic mass is 9.89. The lowest BCUT2D eigenvalue weighted by molar-refractivity contribution is -0.140. The molecule has 2 rings (SSSR count). The Bertz CT molecular complexity index is 543. The summed E-state index contributed by atoms with van der Waals surface area (Å²) in [5.41, 5.74) is 1.02. The zero-order valence-electron chi connectivity index (χ0n) is 14.1. The lowest BCUT2D eigenvalue weighted by Gasteiger charge is -2.34. The third kappa shape index (κ3) is 4.31. The van der Waals surface area contributed by atoms with E-state index in [0.717, 1.165) is 12.1 Å². The van der Waals surface area contributed by atoms with Crippen LogP contribution in [0.1, 0.15) is 32.3 Å². The molecule has 1 fully saturated rings. The standard InChI is InChI=1S/C16H26N4O3/c1-4-19(9-12-8-17-20(5-2)10-12)16(22)13-6-7-15(21)18-14(13)11-23-3/h8,10,13-14H,4-7,9,11H2,1-3H3,(H,18,21)/t13-,14-/m1/s1. The Balaban J connectivity index is 2.06. The normalized spacial score (nSPS) is 21.1. The predicted molar refractivity (Wildman–Crippen MR) is 85.5 cm³/mol. The molecule has 7 nitrogen and oxygen atoms in total. The number of methoxy groups -OCH3 is 1. The van der Waals surface area contributed by atoms with Crippen molar-refractivity contribution in [1.29, 1.82) is 0 Å². The van der Waals surface area contributed by atoms with Crippen molar-refractivity contribution in [2.24, 2.45) is 5.92 Å². The van der Waals surface area contributed by atoms with Gasteiger partial charge in [0, 0.05) is 44.9 Å². The van der Waals surface area contributed by atoms with Crippen LogP contribution in [0, 0.1) is 5.92 Å². The van der Waals surface area contributed by atoms with Crippen LogP contribution in [-0.2, 0) is 27.4 Å². The minimum absolute atomic E-state index is 0.0108. The molecule has 7 heteroatoms. The number of amides is 2. The maximum atomic E-state index is 12.9. The van der Waals surface area contributed by atoms with E-state index in [1.165, 1.54) is 0 Å². The third-order valence-electron chi connectivity index (χ3n) is 4.26. The van der Waals surface area contributed by atoms with Crippen molar-refractivity contribution in [2.45, 2.75) is 45.8 Å². The predicted octanol–water partition coefficient (Wildman–Crippen LogP) is 0.793. The number of aryl methyl sites for hydroxylation is 1. The van der Waals surface area contributed by atoms with E-state index in [1.807, 2.05) is 29.6 Å². The fourth-order valence-corrected chi connectivity index (χ4v) is 2.96. The summed E-state index contributed by atoms with van der Waals surface area (Å²) in [7, 11) is 1.58. The van der Waals surface area contributed by atoms with Crippen molar-refractivity contribution < 1.29 is 14.3 Å². The van der Waals surface area contributed by atoms with E-state index >= 15 is 0 Å². The molecule has 1 aliphatic rings. The van der Waals surface area contributed by atoms with Gasteiger partial charge in [-0.2, -0.15) is 5.10 Å². The van der Waals surface area contributed by atoms with Gasteiger partial charge in [-0.1, -0.05) is 0 Å². The second kappa shape index (κ2) is 8.10. The SMILES string of the molecule is CCN(Cc1cnn(CC)c1)C(=O)[C@@H]1CCC(=O)N[C@@H]1COC. The van der Waals surface area contributed by atoms with Crippen molar-refractivity contribution in [3.05, 3.63) is 18.0 Å². The van der Waals surface area contributed by atoms with E-state index < -0.39 is 0 Å². The molecule has 23 heavy (non-hydrogen) atoms. The van der Waals surface area contributed by atoms with E-state index in [9.17, 15) is 9.59 Å². The Labute approximate surface area is 137 Å². The molecule has 1 aromatic rings. The maximum absolute atomic E-state index is 12.9. The van der Waals surface area contributed by atoms with E-state index in [2.05, 4.69) is 10.4 Å². The number of hydrogen-bond acceptors (Lipinski definition) is 4. The van der Waals surface area contributed by atoms with Gasteiger partial charge in [-0.25, -0.2) is 0 Å². The van der Waals surface area contributed by atoms with Crippen molar-refractivity contribution in [3.63, 3.8) is 0 Å². The molecule has 2 atom stereocenters. The van der Waals surface area contributed by atoms with Crippen molar-refractivity contribution in [1.82, 2.24) is 20.0 Å². The Kier molecular flexibility index (Phi) is 6.15. The second-order valence-electron chi connectivity index (χ2n) is 5.83. The Morgan fingerprint density at radius 2 is 2.30 bits per heavy atom. The molecule has 128 valence electrons. The van der Waals surface area contributed by atoms with Gasteiger partial charge in [-0.3, -0.25) is 14.3 Å². The van der Waals surface area contributed by atoms with Crippen LogP contribution in [0.3, 0.4) is 0 Å². The zero-order chi connectivity index (χ0) is 16.8. The van der Waals surface area contributed by atoms with Crippen LogP contribution in [-0.4, -0.2) is 52.8 Å². The van der Waals surface area contributed by atoms with Gasteiger partial charge in [0.1, 0.15) is 0 Å². The van der Waals surface area contributed by atoms with Crippen molar-refractivity contribution in [3.8, 4) is 0 Å². The number of nitrogens with zero attached hydrogens (tertiary/aromatic N) is 3. The molecule has 1 aromatic heterocycles. The van der Waals surface area contributed by atoms with Crippen LogP contribution in [0.15, 0.2) is 12.4 Å². The van der Waals surface area contributed by atoms with Crippen LogP contribution in [0.5, 0.6) is 0 Å². The van der Waals surface area contributed by atoms with Crippen molar-refractivity contribution in [2.75, 3.05) is 20.3 Å². The highest BCUT2D eigenvalue weighted by molar-refractivity contribution is 5.84. The van der Waals surface area contributed by atoms with Crippen molar-refractivity contribution >= 4 is 11.8 Å². The topological polar surface area (TPSA) is 76.5 Å². The van der Waals surface area contributed by atoms with Gasteiger partial charge in [0.2, 0.25) is 11.8 Å².